The second-order valence-corrected chi connectivity index (χ2v) is 4.80. The van der Waals surface area contributed by atoms with E-state index in [9.17, 15) is 4.57 Å². The summed E-state index contributed by atoms with van der Waals surface area (Å²) in [6.45, 7) is 0.328. The molecule has 2 heterocycles. The van der Waals surface area contributed by atoms with Crippen LogP contribution in [0.5, 0.6) is 0 Å². The van der Waals surface area contributed by atoms with Gasteiger partial charge < -0.3 is 14.4 Å². The Morgan fingerprint density at radius 2 is 2.14 bits per heavy atom. The summed E-state index contributed by atoms with van der Waals surface area (Å²) >= 11 is 0. The summed E-state index contributed by atoms with van der Waals surface area (Å²) in [4.78, 5) is 9.12. The minimum Gasteiger partial charge on any atom is -0.382 e. The number of methoxy groups -OCH3 is 1. The summed E-state index contributed by atoms with van der Waals surface area (Å²) in [6, 6.07) is -0.247. The highest BCUT2D eigenvalue weighted by Gasteiger charge is 2.55. The molecular weight excluding hydrogens is 210 g/mol. The molecule has 2 saturated heterocycles. The molecule has 0 bridgehead atoms. The number of ether oxygens (including phenoxy) is 2. The Hall–Kier alpha value is 0.0949. The molecule has 2 aliphatic heterocycles. The Kier molecular flexibility index (Phi) is 2.72. The van der Waals surface area contributed by atoms with E-state index in [-0.39, 0.29) is 12.1 Å². The molecule has 0 radical (unpaired) electrons. The second kappa shape index (κ2) is 3.59. The first kappa shape index (κ1) is 10.6. The van der Waals surface area contributed by atoms with E-state index in [1.807, 2.05) is 0 Å². The van der Waals surface area contributed by atoms with Crippen LogP contribution in [0.4, 0.5) is 0 Å². The summed E-state index contributed by atoms with van der Waals surface area (Å²) in [5, 5.41) is 0. The predicted molar refractivity (Wildman–Crippen MR) is 48.7 cm³/mol. The topological polar surface area (TPSA) is 74.2 Å². The van der Waals surface area contributed by atoms with Gasteiger partial charge in [0.15, 0.2) is 0 Å². The minimum absolute atomic E-state index is 0.247. The predicted octanol–water partition coefficient (Wildman–Crippen LogP) is -1.12. The molecule has 2 fully saturated rings. The van der Waals surface area contributed by atoms with Crippen LogP contribution in [0.3, 0.4) is 0 Å². The molecule has 5 atom stereocenters. The Labute approximate surface area is 82.5 Å². The van der Waals surface area contributed by atoms with Gasteiger partial charge in [-0.2, -0.15) is 0 Å². The van der Waals surface area contributed by atoms with Crippen LogP contribution in [-0.4, -0.2) is 50.8 Å². The van der Waals surface area contributed by atoms with E-state index in [1.54, 1.807) is 7.85 Å². The van der Waals surface area contributed by atoms with Crippen molar-refractivity contribution in [1.82, 2.24) is 0 Å². The first-order chi connectivity index (χ1) is 6.53. The van der Waals surface area contributed by atoms with Crippen molar-refractivity contribution < 1.29 is 28.0 Å². The molecule has 0 aromatic carbocycles. The third-order valence-electron chi connectivity index (χ3n) is 2.38. The summed E-state index contributed by atoms with van der Waals surface area (Å²) in [7, 11) is -0.538. The molecule has 0 spiro atoms. The van der Waals surface area contributed by atoms with Crippen molar-refractivity contribution >= 4 is 15.7 Å². The molecule has 0 aromatic heterocycles. The van der Waals surface area contributed by atoms with Gasteiger partial charge in [-0.05, 0) is 0 Å². The molecule has 0 amide bonds. The maximum absolute atomic E-state index is 11.1. The zero-order chi connectivity index (χ0) is 10.3. The van der Waals surface area contributed by atoms with E-state index in [1.165, 1.54) is 7.11 Å². The first-order valence-corrected chi connectivity index (χ1v) is 5.87. The van der Waals surface area contributed by atoms with Crippen molar-refractivity contribution in [1.29, 1.82) is 0 Å². The Morgan fingerprint density at radius 1 is 1.50 bits per heavy atom. The lowest BCUT2D eigenvalue weighted by Gasteiger charge is -2.15. The van der Waals surface area contributed by atoms with Crippen molar-refractivity contribution in [3.05, 3.63) is 0 Å². The summed E-state index contributed by atoms with van der Waals surface area (Å²) in [5.74, 6) is 0. The van der Waals surface area contributed by atoms with Gasteiger partial charge in [0.25, 0.3) is 0 Å². The molecule has 5 unspecified atom stereocenters. The lowest BCUT2D eigenvalue weighted by molar-refractivity contribution is -0.0157. The summed E-state index contributed by atoms with van der Waals surface area (Å²) in [6.07, 6.45) is -1.30. The number of phosphoric acid groups is 1. The number of rotatable bonds is 2. The van der Waals surface area contributed by atoms with Gasteiger partial charge in [-0.1, -0.05) is 0 Å². The van der Waals surface area contributed by atoms with Gasteiger partial charge in [-0.15, -0.1) is 0 Å². The van der Waals surface area contributed by atoms with E-state index in [2.05, 4.69) is 0 Å². The van der Waals surface area contributed by atoms with Crippen LogP contribution in [0.15, 0.2) is 0 Å². The molecule has 2 aliphatic rings. The zero-order valence-electron chi connectivity index (χ0n) is 7.95. The number of hydrogen-bond donors (Lipinski definition) is 1. The molecule has 2 rings (SSSR count). The molecule has 0 aliphatic carbocycles. The smallest absolute Gasteiger partial charge is 0.382 e. The SMILES string of the molecule is BC1OC(COC)C2OP(=O)(O)OC12. The quantitative estimate of drug-likeness (QED) is 0.471. The first-order valence-electron chi connectivity index (χ1n) is 4.37. The summed E-state index contributed by atoms with van der Waals surface area (Å²) in [5.41, 5.74) is 0. The van der Waals surface area contributed by atoms with Crippen LogP contribution >= 0.6 is 7.82 Å². The van der Waals surface area contributed by atoms with Gasteiger partial charge in [0.2, 0.25) is 0 Å². The Morgan fingerprint density at radius 3 is 2.79 bits per heavy atom. The average Bonchev–Trinajstić information content (AvgIpc) is 2.51. The fourth-order valence-corrected chi connectivity index (χ4v) is 3.03. The normalized spacial score (nSPS) is 52.1. The molecule has 14 heavy (non-hydrogen) atoms. The van der Waals surface area contributed by atoms with Crippen molar-refractivity contribution in [2.75, 3.05) is 13.7 Å². The van der Waals surface area contributed by atoms with Crippen LogP contribution in [0.2, 0.25) is 0 Å². The summed E-state index contributed by atoms with van der Waals surface area (Å²) < 4.78 is 31.3. The van der Waals surface area contributed by atoms with Crippen LogP contribution in [-0.2, 0) is 23.1 Å². The molecule has 80 valence electrons. The van der Waals surface area contributed by atoms with E-state index >= 15 is 0 Å². The Balaban J connectivity index is 2.10. The van der Waals surface area contributed by atoms with Crippen LogP contribution < -0.4 is 0 Å². The van der Waals surface area contributed by atoms with Gasteiger partial charge in [0.05, 0.1) is 12.6 Å². The van der Waals surface area contributed by atoms with Gasteiger partial charge in [0, 0.05) is 7.11 Å². The van der Waals surface area contributed by atoms with Gasteiger partial charge in [0.1, 0.15) is 26.2 Å². The third kappa shape index (κ3) is 1.76. The van der Waals surface area contributed by atoms with Crippen LogP contribution in [0.25, 0.3) is 0 Å². The van der Waals surface area contributed by atoms with E-state index in [0.29, 0.717) is 6.61 Å². The molecular formula is C6H12BO6P. The second-order valence-electron chi connectivity index (χ2n) is 3.44. The fraction of sp³-hybridized carbons (Fsp3) is 1.00. The van der Waals surface area contributed by atoms with Crippen molar-refractivity contribution in [3.63, 3.8) is 0 Å². The third-order valence-corrected chi connectivity index (χ3v) is 3.40. The monoisotopic (exact) mass is 222 g/mol. The standard InChI is InChI=1S/C6H12BO6P/c1-10-2-3-4-5(6(7)11-3)13-14(8,9)12-4/h3-6H,2,7H2,1H3,(H,8,9). The van der Waals surface area contributed by atoms with Gasteiger partial charge >= 0.3 is 7.82 Å². The number of phosphoric ester groups is 1. The highest BCUT2D eigenvalue weighted by molar-refractivity contribution is 7.47. The highest BCUT2D eigenvalue weighted by Crippen LogP contribution is 2.56. The van der Waals surface area contributed by atoms with Crippen molar-refractivity contribution in [3.8, 4) is 0 Å². The molecule has 0 saturated carbocycles. The van der Waals surface area contributed by atoms with Crippen molar-refractivity contribution in [2.45, 2.75) is 24.3 Å². The minimum atomic E-state index is -3.85. The lowest BCUT2D eigenvalue weighted by Crippen LogP contribution is -2.31. The highest BCUT2D eigenvalue weighted by atomic mass is 31.2. The van der Waals surface area contributed by atoms with Gasteiger partial charge in [-0.3, -0.25) is 9.05 Å². The number of fused-ring (bicyclic) bond motifs is 1. The fourth-order valence-electron chi connectivity index (χ4n) is 1.81. The number of hydrogen-bond acceptors (Lipinski definition) is 5. The lowest BCUT2D eigenvalue weighted by atomic mass is 9.93. The Bertz CT molecular complexity index is 273. The van der Waals surface area contributed by atoms with Crippen LogP contribution in [0, 0.1) is 0 Å². The van der Waals surface area contributed by atoms with E-state index in [4.69, 9.17) is 23.4 Å². The average molecular weight is 222 g/mol. The van der Waals surface area contributed by atoms with Crippen molar-refractivity contribution in [2.24, 2.45) is 0 Å². The molecule has 0 aromatic rings. The molecule has 1 N–H and O–H groups in total. The molecule has 8 heteroatoms. The van der Waals surface area contributed by atoms with E-state index in [0.717, 1.165) is 0 Å². The maximum Gasteiger partial charge on any atom is 0.473 e. The molecule has 6 nitrogen and oxygen atoms in total. The largest absolute Gasteiger partial charge is 0.473 e. The zero-order valence-corrected chi connectivity index (χ0v) is 8.85. The van der Waals surface area contributed by atoms with Gasteiger partial charge in [-0.25, -0.2) is 4.57 Å². The maximum atomic E-state index is 11.1. The van der Waals surface area contributed by atoms with Crippen LogP contribution in [0.1, 0.15) is 0 Å². The van der Waals surface area contributed by atoms with E-state index < -0.39 is 20.0 Å².